The molecule has 2 amide bonds. The van der Waals surface area contributed by atoms with Gasteiger partial charge in [0.1, 0.15) is 29.4 Å². The number of aliphatic carboxylic acids is 1. The van der Waals surface area contributed by atoms with Crippen LogP contribution in [0, 0.1) is 0 Å². The van der Waals surface area contributed by atoms with Gasteiger partial charge in [-0.3, -0.25) is 19.2 Å². The molecule has 5 rings (SSSR count). The fraction of sp³-hybridized carbons (Fsp3) is 0.243. The zero-order valence-corrected chi connectivity index (χ0v) is 28.6. The maximum atomic E-state index is 12.2. The minimum absolute atomic E-state index is 0. The topological polar surface area (TPSA) is 186 Å². The molecular weight excluding hydrogens is 680 g/mol. The third-order valence-corrected chi connectivity index (χ3v) is 7.15. The average molecular weight is 721 g/mol. The van der Waals surface area contributed by atoms with Gasteiger partial charge in [0.05, 0.1) is 60.5 Å². The Morgan fingerprint density at radius 2 is 1.12 bits per heavy atom. The molecule has 1 aliphatic rings. The van der Waals surface area contributed by atoms with Crippen LogP contribution in [0.1, 0.15) is 30.6 Å². The normalized spacial score (nSPS) is 11.2. The van der Waals surface area contributed by atoms with Gasteiger partial charge in [-0.25, -0.2) is 0 Å². The van der Waals surface area contributed by atoms with Crippen molar-refractivity contribution in [2.45, 2.75) is 20.3 Å². The molecule has 276 valence electrons. The zero-order valence-electron chi connectivity index (χ0n) is 28.6. The molecule has 3 N–H and O–H groups in total. The third-order valence-electron chi connectivity index (χ3n) is 7.15. The van der Waals surface area contributed by atoms with E-state index in [1.807, 2.05) is 0 Å². The summed E-state index contributed by atoms with van der Waals surface area (Å²) in [6, 6.07) is 18.0. The first-order chi connectivity index (χ1) is 24.5. The average Bonchev–Trinajstić information content (AvgIpc) is 3.12. The van der Waals surface area contributed by atoms with Crippen molar-refractivity contribution >= 4 is 34.9 Å². The Bertz CT molecular complexity index is 1930. The number of ketones is 1. The van der Waals surface area contributed by atoms with Crippen LogP contribution in [0.3, 0.4) is 0 Å². The zero-order chi connectivity index (χ0) is 37.1. The number of methoxy groups -OCH3 is 6. The largest absolute Gasteiger partial charge is 0.497 e. The first kappa shape index (κ1) is 39.8. The van der Waals surface area contributed by atoms with Gasteiger partial charge in [-0.1, -0.05) is 7.43 Å². The number of carboxylic acids is 1. The highest BCUT2D eigenvalue weighted by atomic mass is 16.5. The number of hydrogen-bond acceptors (Lipinski definition) is 12. The van der Waals surface area contributed by atoms with Crippen LogP contribution in [0.2, 0.25) is 0 Å². The molecule has 1 heterocycles. The highest BCUT2D eigenvalue weighted by Gasteiger charge is 2.27. The van der Waals surface area contributed by atoms with E-state index >= 15 is 0 Å². The molecule has 52 heavy (non-hydrogen) atoms. The molecule has 0 spiro atoms. The number of carbonyl (C=O) groups excluding carboxylic acids is 3. The van der Waals surface area contributed by atoms with Crippen molar-refractivity contribution in [3.8, 4) is 57.5 Å². The number of nitrogens with one attached hydrogen (secondary N) is 2. The SMILES string of the molecule is C.COc1ccc(Oc2cc(OC)cc3c2NC(=O)CC3=O)c(OC)c1.COc1ccc(Oc2ccc(OC)cc2OC)c(NC(=O)CC(=O)O)c1. The van der Waals surface area contributed by atoms with E-state index in [0.29, 0.717) is 68.7 Å². The summed E-state index contributed by atoms with van der Waals surface area (Å²) in [6.45, 7) is 0. The third kappa shape index (κ3) is 9.97. The number of carbonyl (C=O) groups is 4. The van der Waals surface area contributed by atoms with Crippen LogP contribution < -0.4 is 48.5 Å². The number of ether oxygens (including phenoxy) is 8. The lowest BCUT2D eigenvalue weighted by Gasteiger charge is -2.21. The van der Waals surface area contributed by atoms with Crippen molar-refractivity contribution in [1.29, 1.82) is 0 Å². The highest BCUT2D eigenvalue weighted by molar-refractivity contribution is 6.19. The van der Waals surface area contributed by atoms with E-state index in [4.69, 9.17) is 43.0 Å². The number of rotatable bonds is 13. The van der Waals surface area contributed by atoms with Crippen molar-refractivity contribution in [2.24, 2.45) is 0 Å². The van der Waals surface area contributed by atoms with E-state index in [-0.39, 0.29) is 31.2 Å². The Morgan fingerprint density at radius 3 is 1.62 bits per heavy atom. The minimum atomic E-state index is -1.23. The van der Waals surface area contributed by atoms with Crippen LogP contribution >= 0.6 is 0 Å². The van der Waals surface area contributed by atoms with Crippen molar-refractivity contribution in [1.82, 2.24) is 0 Å². The van der Waals surface area contributed by atoms with Crippen molar-refractivity contribution < 1.29 is 62.2 Å². The molecule has 4 aromatic carbocycles. The Morgan fingerprint density at radius 1 is 0.635 bits per heavy atom. The maximum Gasteiger partial charge on any atom is 0.312 e. The van der Waals surface area contributed by atoms with E-state index in [1.54, 1.807) is 67.8 Å². The number of Topliss-reactive ketones (excluding diaryl/α,β-unsaturated/α-hetero) is 1. The molecule has 0 unspecified atom stereocenters. The molecule has 0 atom stereocenters. The van der Waals surface area contributed by atoms with Crippen LogP contribution in [-0.2, 0) is 14.4 Å². The molecular formula is C37H40N2O13. The van der Waals surface area contributed by atoms with E-state index in [2.05, 4.69) is 10.6 Å². The summed E-state index contributed by atoms with van der Waals surface area (Å²) in [5.41, 5.74) is 0.940. The van der Waals surface area contributed by atoms with Crippen LogP contribution in [0.25, 0.3) is 0 Å². The molecule has 4 aromatic rings. The van der Waals surface area contributed by atoms with Gasteiger partial charge < -0.3 is 53.6 Å². The van der Waals surface area contributed by atoms with Gasteiger partial charge in [-0.2, -0.15) is 0 Å². The molecule has 0 fully saturated rings. The maximum absolute atomic E-state index is 12.2. The molecule has 0 aromatic heterocycles. The fourth-order valence-electron chi connectivity index (χ4n) is 4.67. The molecule has 0 saturated carbocycles. The Kier molecular flexibility index (Phi) is 14.1. The molecule has 15 nitrogen and oxygen atoms in total. The summed E-state index contributed by atoms with van der Waals surface area (Å²) in [4.78, 5) is 46.4. The first-order valence-corrected chi connectivity index (χ1v) is 15.1. The van der Waals surface area contributed by atoms with Gasteiger partial charge in [-0.15, -0.1) is 0 Å². The monoisotopic (exact) mass is 720 g/mol. The number of hydrogen-bond donors (Lipinski definition) is 3. The number of amides is 2. The number of fused-ring (bicyclic) bond motifs is 1. The van der Waals surface area contributed by atoms with E-state index in [0.717, 1.165) is 0 Å². The molecule has 0 bridgehead atoms. The molecule has 1 aliphatic heterocycles. The number of benzene rings is 4. The molecule has 0 saturated heterocycles. The summed E-state index contributed by atoms with van der Waals surface area (Å²) in [5, 5.41) is 13.9. The van der Waals surface area contributed by atoms with Gasteiger partial charge >= 0.3 is 5.97 Å². The van der Waals surface area contributed by atoms with Crippen LogP contribution in [0.4, 0.5) is 11.4 Å². The Labute approximate surface area is 300 Å². The summed E-state index contributed by atoms with van der Waals surface area (Å²) in [6.07, 6.45) is -0.867. The van der Waals surface area contributed by atoms with Gasteiger partial charge in [0.15, 0.2) is 40.3 Å². The minimum Gasteiger partial charge on any atom is -0.497 e. The second-order valence-corrected chi connectivity index (χ2v) is 10.4. The quantitative estimate of drug-likeness (QED) is 0.126. The molecule has 0 radical (unpaired) electrons. The van der Waals surface area contributed by atoms with Crippen LogP contribution in [0.5, 0.6) is 57.5 Å². The lowest BCUT2D eigenvalue weighted by molar-refractivity contribution is -0.139. The Hall–Kier alpha value is -6.64. The fourth-order valence-corrected chi connectivity index (χ4v) is 4.67. The van der Waals surface area contributed by atoms with E-state index in [1.165, 1.54) is 41.6 Å². The standard InChI is InChI=1S/C18H19NO7.C18H17NO6.CH4/c1-23-11-4-6-14(13(8-11)19-17(20)10-18(21)22)26-15-7-5-12(24-2)9-16(15)25-3;1-22-10-4-5-14(15(7-10)24-3)25-16-8-11(23-2)6-12-13(20)9-17(21)19-18(12)16;/h4-9H,10H2,1-3H3,(H,19,20)(H,21,22);4-8H,9H2,1-3H3,(H,19,21);1H4. The van der Waals surface area contributed by atoms with Crippen molar-refractivity contribution in [3.63, 3.8) is 0 Å². The van der Waals surface area contributed by atoms with E-state index < -0.39 is 18.3 Å². The summed E-state index contributed by atoms with van der Waals surface area (Å²) in [5.74, 6) is 1.83. The second-order valence-electron chi connectivity index (χ2n) is 10.4. The van der Waals surface area contributed by atoms with Crippen molar-refractivity contribution in [2.75, 3.05) is 53.3 Å². The predicted octanol–water partition coefficient (Wildman–Crippen LogP) is 6.58. The second kappa shape index (κ2) is 18.4. The summed E-state index contributed by atoms with van der Waals surface area (Å²) >= 11 is 0. The van der Waals surface area contributed by atoms with Crippen LogP contribution in [-0.4, -0.2) is 71.3 Å². The predicted molar refractivity (Wildman–Crippen MR) is 190 cm³/mol. The van der Waals surface area contributed by atoms with Gasteiger partial charge in [0.2, 0.25) is 11.8 Å². The van der Waals surface area contributed by atoms with Crippen LogP contribution in [0.15, 0.2) is 66.7 Å². The highest BCUT2D eigenvalue weighted by Crippen LogP contribution is 2.42. The summed E-state index contributed by atoms with van der Waals surface area (Å²) in [7, 11) is 9.06. The number of carboxylic acid groups (broad SMARTS) is 1. The molecule has 15 heteroatoms. The first-order valence-electron chi connectivity index (χ1n) is 15.1. The van der Waals surface area contributed by atoms with Gasteiger partial charge in [0, 0.05) is 29.8 Å². The van der Waals surface area contributed by atoms with Gasteiger partial charge in [0.25, 0.3) is 0 Å². The van der Waals surface area contributed by atoms with Gasteiger partial charge in [-0.05, 0) is 42.5 Å². The summed E-state index contributed by atoms with van der Waals surface area (Å²) < 4.78 is 43.0. The number of anilines is 2. The lowest BCUT2D eigenvalue weighted by Crippen LogP contribution is -2.24. The smallest absolute Gasteiger partial charge is 0.312 e. The van der Waals surface area contributed by atoms with Crippen molar-refractivity contribution in [3.05, 3.63) is 72.3 Å². The van der Waals surface area contributed by atoms with E-state index in [9.17, 15) is 19.2 Å². The lowest BCUT2D eigenvalue weighted by atomic mass is 10.0. The molecule has 0 aliphatic carbocycles. The Balaban J connectivity index is 0.000000275.